The van der Waals surface area contributed by atoms with Crippen molar-refractivity contribution in [1.82, 2.24) is 0 Å². The lowest BCUT2D eigenvalue weighted by Gasteiger charge is -2.35. The number of nitrogens with zero attached hydrogens (tertiary/aromatic N) is 1. The molecule has 52 heavy (non-hydrogen) atoms. The quantitative estimate of drug-likeness (QED) is 0.171. The maximum Gasteiger partial charge on any atom is 0.0714 e. The Morgan fingerprint density at radius 3 is 1.63 bits per heavy atom. The summed E-state index contributed by atoms with van der Waals surface area (Å²) in [5.74, 6) is 0. The predicted molar refractivity (Wildman–Crippen MR) is 219 cm³/mol. The van der Waals surface area contributed by atoms with Crippen LogP contribution in [0.15, 0.2) is 212 Å². The third kappa shape index (κ3) is 4.56. The molecule has 9 aromatic rings. The molecule has 1 heteroatoms. The molecule has 1 aliphatic carbocycles. The average molecular weight is 662 g/mol. The molecule has 0 bridgehead atoms. The Hall–Kier alpha value is -6.70. The maximum atomic E-state index is 2.48. The Bertz CT molecular complexity index is 2690. The van der Waals surface area contributed by atoms with Crippen LogP contribution in [-0.2, 0) is 5.41 Å². The van der Waals surface area contributed by atoms with Crippen molar-refractivity contribution in [1.29, 1.82) is 0 Å². The molecule has 0 saturated carbocycles. The van der Waals surface area contributed by atoms with Crippen LogP contribution in [0.2, 0.25) is 0 Å². The van der Waals surface area contributed by atoms with E-state index in [1.807, 2.05) is 0 Å². The molecule has 0 saturated heterocycles. The van der Waals surface area contributed by atoms with Gasteiger partial charge in [0.05, 0.1) is 16.8 Å². The van der Waals surface area contributed by atoms with Gasteiger partial charge in [0, 0.05) is 16.6 Å². The Morgan fingerprint density at radius 2 is 0.904 bits per heavy atom. The fourth-order valence-corrected chi connectivity index (χ4v) is 8.73. The maximum absolute atomic E-state index is 2.48. The number of para-hydroxylation sites is 1. The van der Waals surface area contributed by atoms with Crippen molar-refractivity contribution in [3.8, 4) is 22.3 Å². The van der Waals surface area contributed by atoms with E-state index in [4.69, 9.17) is 0 Å². The topological polar surface area (TPSA) is 3.24 Å². The zero-order valence-electron chi connectivity index (χ0n) is 28.7. The first-order valence-electron chi connectivity index (χ1n) is 18.0. The second-order valence-electron chi connectivity index (χ2n) is 13.6. The van der Waals surface area contributed by atoms with Crippen LogP contribution in [0.25, 0.3) is 43.8 Å². The molecule has 0 N–H and O–H groups in total. The highest BCUT2D eigenvalue weighted by Gasteiger charge is 2.47. The van der Waals surface area contributed by atoms with Gasteiger partial charge in [-0.05, 0) is 79.4 Å². The first-order chi connectivity index (χ1) is 25.8. The lowest BCUT2D eigenvalue weighted by atomic mass is 9.67. The summed E-state index contributed by atoms with van der Waals surface area (Å²) in [6.07, 6.45) is 0. The Balaban J connectivity index is 1.33. The third-order valence-electron chi connectivity index (χ3n) is 10.9. The fraction of sp³-hybridized carbons (Fsp3) is 0.0196. The predicted octanol–water partition coefficient (Wildman–Crippen LogP) is 13.5. The normalized spacial score (nSPS) is 12.8. The average Bonchev–Trinajstić information content (AvgIpc) is 3.53. The lowest BCUT2D eigenvalue weighted by Crippen LogP contribution is -2.28. The van der Waals surface area contributed by atoms with E-state index in [9.17, 15) is 0 Å². The molecular weight excluding hydrogens is 627 g/mol. The molecule has 0 fully saturated rings. The first kappa shape index (κ1) is 30.2. The van der Waals surface area contributed by atoms with E-state index in [0.29, 0.717) is 0 Å². The van der Waals surface area contributed by atoms with Gasteiger partial charge in [-0.1, -0.05) is 188 Å². The van der Waals surface area contributed by atoms with Gasteiger partial charge in [-0.3, -0.25) is 0 Å². The minimum Gasteiger partial charge on any atom is -0.309 e. The van der Waals surface area contributed by atoms with Gasteiger partial charge < -0.3 is 4.90 Å². The number of fused-ring (bicyclic) bond motifs is 6. The largest absolute Gasteiger partial charge is 0.309 e. The molecule has 1 aliphatic rings. The van der Waals surface area contributed by atoms with Gasteiger partial charge in [-0.25, -0.2) is 0 Å². The minimum atomic E-state index is -0.531. The summed E-state index contributed by atoms with van der Waals surface area (Å²) in [5.41, 5.74) is 12.9. The molecule has 0 atom stereocenters. The molecule has 0 unspecified atom stereocenters. The van der Waals surface area contributed by atoms with Gasteiger partial charge in [0.1, 0.15) is 0 Å². The fourth-order valence-electron chi connectivity index (χ4n) is 8.73. The van der Waals surface area contributed by atoms with Crippen molar-refractivity contribution in [2.45, 2.75) is 5.41 Å². The van der Waals surface area contributed by atoms with E-state index in [-0.39, 0.29) is 0 Å². The molecule has 10 rings (SSSR count). The van der Waals surface area contributed by atoms with Crippen molar-refractivity contribution in [2.75, 3.05) is 4.90 Å². The molecule has 9 aromatic carbocycles. The van der Waals surface area contributed by atoms with Gasteiger partial charge >= 0.3 is 0 Å². The summed E-state index contributed by atoms with van der Waals surface area (Å²) >= 11 is 0. The molecule has 0 spiro atoms. The van der Waals surface area contributed by atoms with E-state index >= 15 is 0 Å². The molecule has 0 amide bonds. The SMILES string of the molecule is c1ccc(-c2ccccc2N(c2ccc3c(c2)C(c2ccccc2)(c2ccccc2)c2ccc4ccccc4c2-3)c2cccc3ccccc23)cc1. The molecule has 244 valence electrons. The van der Waals surface area contributed by atoms with E-state index < -0.39 is 5.41 Å². The van der Waals surface area contributed by atoms with Gasteiger partial charge in [-0.2, -0.15) is 0 Å². The van der Waals surface area contributed by atoms with E-state index in [1.54, 1.807) is 0 Å². The number of anilines is 3. The van der Waals surface area contributed by atoms with Crippen LogP contribution in [0.1, 0.15) is 22.3 Å². The number of hydrogen-bond acceptors (Lipinski definition) is 1. The van der Waals surface area contributed by atoms with Gasteiger partial charge in [0.25, 0.3) is 0 Å². The second kappa shape index (κ2) is 12.3. The Labute approximate surface area is 304 Å². The standard InChI is InChI=1S/C51H35N/c1-4-17-36(18-5-1)42-27-14-15-29-48(42)52(49-30-16-21-37-19-10-12-26-43(37)49)41-32-33-45-47(35-41)51(39-22-6-2-7-23-39,40-24-8-3-9-25-40)46-34-31-38-20-11-13-28-44(38)50(45)46/h1-35H. The summed E-state index contributed by atoms with van der Waals surface area (Å²) in [7, 11) is 0. The van der Waals surface area contributed by atoms with Crippen LogP contribution in [0.5, 0.6) is 0 Å². The number of hydrogen-bond donors (Lipinski definition) is 0. The van der Waals surface area contributed by atoms with Crippen LogP contribution in [0.3, 0.4) is 0 Å². The first-order valence-corrected chi connectivity index (χ1v) is 18.0. The van der Waals surface area contributed by atoms with Crippen molar-refractivity contribution < 1.29 is 0 Å². The Kier molecular flexibility index (Phi) is 7.11. The molecule has 0 radical (unpaired) electrons. The molecule has 0 aromatic heterocycles. The van der Waals surface area contributed by atoms with Crippen molar-refractivity contribution in [3.05, 3.63) is 235 Å². The highest BCUT2D eigenvalue weighted by atomic mass is 15.1. The number of rotatable bonds is 6. The van der Waals surface area contributed by atoms with Gasteiger partial charge in [-0.15, -0.1) is 0 Å². The van der Waals surface area contributed by atoms with Crippen LogP contribution >= 0.6 is 0 Å². The minimum absolute atomic E-state index is 0.531. The zero-order chi connectivity index (χ0) is 34.5. The van der Waals surface area contributed by atoms with Gasteiger partial charge in [0.2, 0.25) is 0 Å². The molecule has 1 nitrogen and oxygen atoms in total. The summed E-state index contributed by atoms with van der Waals surface area (Å²) < 4.78 is 0. The Morgan fingerprint density at radius 1 is 0.346 bits per heavy atom. The van der Waals surface area contributed by atoms with E-state index in [1.165, 1.54) is 66.1 Å². The van der Waals surface area contributed by atoms with Crippen molar-refractivity contribution >= 4 is 38.6 Å². The summed E-state index contributed by atoms with van der Waals surface area (Å²) in [6.45, 7) is 0. The van der Waals surface area contributed by atoms with E-state index in [2.05, 4.69) is 217 Å². The van der Waals surface area contributed by atoms with Crippen LogP contribution in [-0.4, -0.2) is 0 Å². The smallest absolute Gasteiger partial charge is 0.0714 e. The summed E-state index contributed by atoms with van der Waals surface area (Å²) in [4.78, 5) is 2.48. The monoisotopic (exact) mass is 661 g/mol. The molecule has 0 aliphatic heterocycles. The molecule has 0 heterocycles. The third-order valence-corrected chi connectivity index (χ3v) is 10.9. The highest BCUT2D eigenvalue weighted by Crippen LogP contribution is 2.59. The van der Waals surface area contributed by atoms with Crippen LogP contribution in [0.4, 0.5) is 17.1 Å². The zero-order valence-corrected chi connectivity index (χ0v) is 28.7. The van der Waals surface area contributed by atoms with Crippen LogP contribution in [0, 0.1) is 0 Å². The summed E-state index contributed by atoms with van der Waals surface area (Å²) in [6, 6.07) is 77.9. The van der Waals surface area contributed by atoms with Crippen molar-refractivity contribution in [3.63, 3.8) is 0 Å². The second-order valence-corrected chi connectivity index (χ2v) is 13.6. The molecular formula is C51H35N. The lowest BCUT2D eigenvalue weighted by molar-refractivity contribution is 0.769. The number of benzene rings is 9. The van der Waals surface area contributed by atoms with Crippen LogP contribution < -0.4 is 4.90 Å². The van der Waals surface area contributed by atoms with Gasteiger partial charge in [0.15, 0.2) is 0 Å². The van der Waals surface area contributed by atoms with Crippen molar-refractivity contribution in [2.24, 2.45) is 0 Å². The van der Waals surface area contributed by atoms with E-state index in [0.717, 1.165) is 17.1 Å². The highest BCUT2D eigenvalue weighted by molar-refractivity contribution is 6.06. The summed E-state index contributed by atoms with van der Waals surface area (Å²) in [5, 5.41) is 4.95.